The van der Waals surface area contributed by atoms with Crippen LogP contribution in [0.25, 0.3) is 0 Å². The first-order chi connectivity index (χ1) is 10.6. The quantitative estimate of drug-likeness (QED) is 0.805. The minimum Gasteiger partial charge on any atom is -0.469 e. The van der Waals surface area contributed by atoms with E-state index < -0.39 is 12.2 Å². The molecule has 1 amide bonds. The first-order valence-electron chi connectivity index (χ1n) is 7.30. The lowest BCUT2D eigenvalue weighted by Crippen LogP contribution is -2.32. The number of alkyl carbamates (subject to hydrolysis) is 1. The van der Waals surface area contributed by atoms with Gasteiger partial charge in [-0.15, -0.1) is 0 Å². The fourth-order valence-electron chi connectivity index (χ4n) is 2.67. The summed E-state index contributed by atoms with van der Waals surface area (Å²) in [6.45, 7) is 0.479. The predicted molar refractivity (Wildman–Crippen MR) is 78.9 cm³/mol. The third-order valence-electron chi connectivity index (χ3n) is 3.91. The van der Waals surface area contributed by atoms with Crippen LogP contribution in [-0.2, 0) is 20.9 Å². The van der Waals surface area contributed by atoms with Crippen molar-refractivity contribution in [2.45, 2.75) is 25.6 Å². The van der Waals surface area contributed by atoms with Gasteiger partial charge < -0.3 is 19.9 Å². The molecule has 1 aliphatic rings. The Balaban J connectivity index is 1.71. The second-order valence-electron chi connectivity index (χ2n) is 5.46. The second kappa shape index (κ2) is 7.79. The van der Waals surface area contributed by atoms with E-state index in [9.17, 15) is 14.7 Å². The number of ether oxygens (including phenoxy) is 2. The molecule has 2 N–H and O–H groups in total. The van der Waals surface area contributed by atoms with E-state index in [0.717, 1.165) is 5.56 Å². The summed E-state index contributed by atoms with van der Waals surface area (Å²) < 4.78 is 9.78. The molecule has 2 rings (SSSR count). The minimum atomic E-state index is -0.612. The number of carbonyl (C=O) groups excluding carboxylic acids is 2. The largest absolute Gasteiger partial charge is 0.469 e. The molecule has 0 heterocycles. The van der Waals surface area contributed by atoms with Crippen molar-refractivity contribution in [3.8, 4) is 0 Å². The number of esters is 1. The molecule has 22 heavy (non-hydrogen) atoms. The number of benzene rings is 1. The maximum absolute atomic E-state index is 11.6. The van der Waals surface area contributed by atoms with Crippen molar-refractivity contribution in [1.82, 2.24) is 5.32 Å². The number of rotatable bonds is 5. The molecule has 0 radical (unpaired) electrons. The zero-order valence-corrected chi connectivity index (χ0v) is 12.5. The second-order valence-corrected chi connectivity index (χ2v) is 5.46. The van der Waals surface area contributed by atoms with Crippen molar-refractivity contribution in [2.75, 3.05) is 13.7 Å². The van der Waals surface area contributed by atoms with Crippen molar-refractivity contribution in [3.63, 3.8) is 0 Å². The molecule has 1 aromatic carbocycles. The molecule has 1 aliphatic carbocycles. The number of hydrogen-bond acceptors (Lipinski definition) is 5. The molecule has 120 valence electrons. The van der Waals surface area contributed by atoms with Gasteiger partial charge in [0.05, 0.1) is 19.1 Å². The third-order valence-corrected chi connectivity index (χ3v) is 3.91. The smallest absolute Gasteiger partial charge is 0.407 e. The summed E-state index contributed by atoms with van der Waals surface area (Å²) in [7, 11) is 1.33. The SMILES string of the molecule is COC(=O)[C@H]1C[C@H](CNC(=O)OCc2ccccc2)[C@H](O)C1. The number of carbonyl (C=O) groups is 2. The normalized spacial score (nSPS) is 23.8. The minimum absolute atomic E-state index is 0.159. The van der Waals surface area contributed by atoms with Crippen molar-refractivity contribution in [2.24, 2.45) is 11.8 Å². The first-order valence-corrected chi connectivity index (χ1v) is 7.30. The van der Waals surface area contributed by atoms with Gasteiger partial charge in [0.25, 0.3) is 0 Å². The Morgan fingerprint density at radius 3 is 2.68 bits per heavy atom. The molecule has 0 aromatic heterocycles. The van der Waals surface area contributed by atoms with Gasteiger partial charge in [0.15, 0.2) is 0 Å². The number of amides is 1. The predicted octanol–water partition coefficient (Wildman–Crippen LogP) is 1.47. The molecule has 1 fully saturated rings. The van der Waals surface area contributed by atoms with Gasteiger partial charge in [0, 0.05) is 12.5 Å². The molecule has 6 heteroatoms. The maximum Gasteiger partial charge on any atom is 0.407 e. The third kappa shape index (κ3) is 4.46. The Bertz CT molecular complexity index is 505. The summed E-state index contributed by atoms with van der Waals surface area (Å²) in [5.74, 6) is -0.770. The molecule has 0 aliphatic heterocycles. The monoisotopic (exact) mass is 307 g/mol. The average Bonchev–Trinajstić information content (AvgIpc) is 2.92. The van der Waals surface area contributed by atoms with Gasteiger partial charge in [0.1, 0.15) is 6.61 Å². The summed E-state index contributed by atoms with van der Waals surface area (Å²) >= 11 is 0. The van der Waals surface area contributed by atoms with Crippen LogP contribution in [0.5, 0.6) is 0 Å². The van der Waals surface area contributed by atoms with Crippen molar-refractivity contribution < 1.29 is 24.2 Å². The zero-order chi connectivity index (χ0) is 15.9. The molecule has 0 bridgehead atoms. The summed E-state index contributed by atoms with van der Waals surface area (Å²) in [5.41, 5.74) is 0.907. The number of aliphatic hydroxyl groups excluding tert-OH is 1. The average molecular weight is 307 g/mol. The summed E-state index contributed by atoms with van der Waals surface area (Å²) in [6.07, 6.45) is -0.263. The summed E-state index contributed by atoms with van der Waals surface area (Å²) in [6, 6.07) is 9.38. The van der Waals surface area contributed by atoms with Gasteiger partial charge in [-0.2, -0.15) is 0 Å². The molecule has 0 unspecified atom stereocenters. The number of aliphatic hydroxyl groups is 1. The van der Waals surface area contributed by atoms with E-state index in [1.165, 1.54) is 7.11 Å². The Hall–Kier alpha value is -2.08. The fraction of sp³-hybridized carbons (Fsp3) is 0.500. The van der Waals surface area contributed by atoms with E-state index in [0.29, 0.717) is 12.8 Å². The van der Waals surface area contributed by atoms with Gasteiger partial charge in [-0.1, -0.05) is 30.3 Å². The van der Waals surface area contributed by atoms with E-state index in [-0.39, 0.29) is 31.0 Å². The Labute approximate surface area is 129 Å². The van der Waals surface area contributed by atoms with Crippen LogP contribution >= 0.6 is 0 Å². The van der Waals surface area contributed by atoms with E-state index >= 15 is 0 Å². The van der Waals surface area contributed by atoms with Gasteiger partial charge in [-0.05, 0) is 18.4 Å². The zero-order valence-electron chi connectivity index (χ0n) is 12.5. The van der Waals surface area contributed by atoms with E-state index in [4.69, 9.17) is 4.74 Å². The van der Waals surface area contributed by atoms with Gasteiger partial charge in [0.2, 0.25) is 0 Å². The first kappa shape index (κ1) is 16.3. The van der Waals surface area contributed by atoms with Crippen molar-refractivity contribution in [3.05, 3.63) is 35.9 Å². The Kier molecular flexibility index (Phi) is 5.77. The topological polar surface area (TPSA) is 84.9 Å². The number of hydrogen-bond donors (Lipinski definition) is 2. The molecule has 1 saturated carbocycles. The van der Waals surface area contributed by atoms with E-state index in [1.807, 2.05) is 30.3 Å². The van der Waals surface area contributed by atoms with Gasteiger partial charge >= 0.3 is 12.1 Å². The van der Waals surface area contributed by atoms with Crippen LogP contribution in [0.3, 0.4) is 0 Å². The van der Waals surface area contributed by atoms with Crippen molar-refractivity contribution in [1.29, 1.82) is 0 Å². The summed E-state index contributed by atoms with van der Waals surface area (Å²) in [4.78, 5) is 23.1. The van der Waals surface area contributed by atoms with Crippen LogP contribution in [0.2, 0.25) is 0 Å². The van der Waals surface area contributed by atoms with Crippen LogP contribution < -0.4 is 5.32 Å². The lowest BCUT2D eigenvalue weighted by molar-refractivity contribution is -0.145. The van der Waals surface area contributed by atoms with Gasteiger partial charge in [-0.25, -0.2) is 4.79 Å². The van der Waals surface area contributed by atoms with Crippen LogP contribution in [-0.4, -0.2) is 36.9 Å². The van der Waals surface area contributed by atoms with Crippen LogP contribution in [0, 0.1) is 11.8 Å². The Morgan fingerprint density at radius 1 is 1.27 bits per heavy atom. The van der Waals surface area contributed by atoms with Crippen LogP contribution in [0.15, 0.2) is 30.3 Å². The maximum atomic E-state index is 11.6. The molecular formula is C16H21NO5. The molecule has 3 atom stereocenters. The highest BCUT2D eigenvalue weighted by molar-refractivity contribution is 5.72. The molecule has 0 spiro atoms. The molecular weight excluding hydrogens is 286 g/mol. The number of nitrogens with one attached hydrogen (secondary N) is 1. The van der Waals surface area contributed by atoms with Crippen molar-refractivity contribution >= 4 is 12.1 Å². The van der Waals surface area contributed by atoms with Crippen LogP contribution in [0.4, 0.5) is 4.79 Å². The fourth-order valence-corrected chi connectivity index (χ4v) is 2.67. The summed E-state index contributed by atoms with van der Waals surface area (Å²) in [5, 5.41) is 12.6. The highest BCUT2D eigenvalue weighted by Crippen LogP contribution is 2.31. The van der Waals surface area contributed by atoms with Crippen LogP contribution in [0.1, 0.15) is 18.4 Å². The molecule has 0 saturated heterocycles. The van der Waals surface area contributed by atoms with Gasteiger partial charge in [-0.3, -0.25) is 4.79 Å². The molecule has 6 nitrogen and oxygen atoms in total. The number of methoxy groups -OCH3 is 1. The van der Waals surface area contributed by atoms with E-state index in [2.05, 4.69) is 10.1 Å². The molecule has 1 aromatic rings. The lowest BCUT2D eigenvalue weighted by Gasteiger charge is -2.15. The Morgan fingerprint density at radius 2 is 2.00 bits per heavy atom. The standard InChI is InChI=1S/C16H21NO5/c1-21-15(19)12-7-13(14(18)8-12)9-17-16(20)22-10-11-5-3-2-4-6-11/h2-6,12-14,18H,7-10H2,1H3,(H,17,20)/t12-,13+,14+/m0/s1. The lowest BCUT2D eigenvalue weighted by atomic mass is 10.0. The van der Waals surface area contributed by atoms with E-state index in [1.54, 1.807) is 0 Å². The highest BCUT2D eigenvalue weighted by Gasteiger charge is 2.37. The highest BCUT2D eigenvalue weighted by atomic mass is 16.5.